The van der Waals surface area contributed by atoms with Gasteiger partial charge in [0.05, 0.1) is 12.2 Å². The standard InChI is InChI=1S/C18H18N4O/c1-13-8-10-16(11-9-13)19-18(23)17-14(2)22(21-20-17)12-15-6-4-3-5-7-15/h3-11H,12H2,1-2H3,(H,19,23). The summed E-state index contributed by atoms with van der Waals surface area (Å²) in [5.41, 5.74) is 4.11. The highest BCUT2D eigenvalue weighted by Gasteiger charge is 2.16. The van der Waals surface area contributed by atoms with E-state index in [-0.39, 0.29) is 5.91 Å². The Kier molecular flexibility index (Phi) is 4.19. The van der Waals surface area contributed by atoms with Gasteiger partial charge in [0, 0.05) is 5.69 Å². The lowest BCUT2D eigenvalue weighted by molar-refractivity contribution is 0.102. The van der Waals surface area contributed by atoms with Crippen molar-refractivity contribution < 1.29 is 4.79 Å². The molecule has 5 nitrogen and oxygen atoms in total. The van der Waals surface area contributed by atoms with Crippen molar-refractivity contribution in [1.29, 1.82) is 0 Å². The fourth-order valence-corrected chi connectivity index (χ4v) is 2.30. The van der Waals surface area contributed by atoms with E-state index in [0.717, 1.165) is 22.5 Å². The minimum Gasteiger partial charge on any atom is -0.321 e. The maximum Gasteiger partial charge on any atom is 0.278 e. The highest BCUT2D eigenvalue weighted by atomic mass is 16.2. The third-order valence-electron chi connectivity index (χ3n) is 3.68. The Morgan fingerprint density at radius 1 is 1.04 bits per heavy atom. The molecule has 2 aromatic carbocycles. The number of anilines is 1. The van der Waals surface area contributed by atoms with Crippen LogP contribution in [-0.4, -0.2) is 20.9 Å². The lowest BCUT2D eigenvalue weighted by atomic mass is 10.2. The Hall–Kier alpha value is -2.95. The molecule has 1 heterocycles. The molecule has 0 atom stereocenters. The molecular formula is C18H18N4O. The number of benzene rings is 2. The average molecular weight is 306 g/mol. The molecule has 23 heavy (non-hydrogen) atoms. The van der Waals surface area contributed by atoms with E-state index in [1.165, 1.54) is 0 Å². The molecular weight excluding hydrogens is 288 g/mol. The zero-order valence-corrected chi connectivity index (χ0v) is 13.2. The van der Waals surface area contributed by atoms with Gasteiger partial charge in [-0.3, -0.25) is 4.79 Å². The van der Waals surface area contributed by atoms with Crippen molar-refractivity contribution in [2.24, 2.45) is 0 Å². The molecule has 3 rings (SSSR count). The number of hydrogen-bond donors (Lipinski definition) is 1. The Morgan fingerprint density at radius 2 is 1.74 bits per heavy atom. The van der Waals surface area contributed by atoms with Gasteiger partial charge in [-0.1, -0.05) is 53.2 Å². The van der Waals surface area contributed by atoms with E-state index < -0.39 is 0 Å². The topological polar surface area (TPSA) is 59.8 Å². The van der Waals surface area contributed by atoms with Gasteiger partial charge in [-0.15, -0.1) is 5.10 Å². The summed E-state index contributed by atoms with van der Waals surface area (Å²) < 4.78 is 1.74. The summed E-state index contributed by atoms with van der Waals surface area (Å²) in [4.78, 5) is 12.4. The number of carbonyl (C=O) groups excluding carboxylic acids is 1. The number of carbonyl (C=O) groups is 1. The molecule has 116 valence electrons. The van der Waals surface area contributed by atoms with Gasteiger partial charge >= 0.3 is 0 Å². The molecule has 1 amide bonds. The Bertz CT molecular complexity index is 807. The normalized spacial score (nSPS) is 10.5. The van der Waals surface area contributed by atoms with Crippen LogP contribution in [0.3, 0.4) is 0 Å². The lowest BCUT2D eigenvalue weighted by Gasteiger charge is -2.05. The van der Waals surface area contributed by atoms with Crippen LogP contribution in [-0.2, 0) is 6.54 Å². The summed E-state index contributed by atoms with van der Waals surface area (Å²) >= 11 is 0. The third-order valence-corrected chi connectivity index (χ3v) is 3.68. The third kappa shape index (κ3) is 3.45. The van der Waals surface area contributed by atoms with Crippen LogP contribution in [0, 0.1) is 13.8 Å². The zero-order chi connectivity index (χ0) is 16.2. The summed E-state index contributed by atoms with van der Waals surface area (Å²) in [6.07, 6.45) is 0. The molecule has 0 aliphatic carbocycles. The van der Waals surface area contributed by atoms with E-state index in [4.69, 9.17) is 0 Å². The first-order valence-electron chi connectivity index (χ1n) is 7.45. The minimum atomic E-state index is -0.245. The van der Waals surface area contributed by atoms with Crippen molar-refractivity contribution in [2.45, 2.75) is 20.4 Å². The highest BCUT2D eigenvalue weighted by Crippen LogP contribution is 2.12. The van der Waals surface area contributed by atoms with Crippen molar-refractivity contribution >= 4 is 11.6 Å². The molecule has 0 unspecified atom stereocenters. The van der Waals surface area contributed by atoms with Gasteiger partial charge < -0.3 is 5.32 Å². The molecule has 0 saturated heterocycles. The molecule has 1 N–H and O–H groups in total. The van der Waals surface area contributed by atoms with Gasteiger partial charge in [-0.25, -0.2) is 4.68 Å². The smallest absolute Gasteiger partial charge is 0.278 e. The quantitative estimate of drug-likeness (QED) is 0.805. The summed E-state index contributed by atoms with van der Waals surface area (Å²) in [5, 5.41) is 11.0. The monoisotopic (exact) mass is 306 g/mol. The SMILES string of the molecule is Cc1ccc(NC(=O)c2nnn(Cc3ccccc3)c2C)cc1. The van der Waals surface area contributed by atoms with E-state index in [2.05, 4.69) is 15.6 Å². The molecule has 0 spiro atoms. The first-order valence-corrected chi connectivity index (χ1v) is 7.45. The second-order valence-electron chi connectivity index (χ2n) is 5.49. The number of aryl methyl sites for hydroxylation is 1. The van der Waals surface area contributed by atoms with Gasteiger partial charge in [0.25, 0.3) is 5.91 Å². The number of amides is 1. The summed E-state index contributed by atoms with van der Waals surface area (Å²) in [7, 11) is 0. The van der Waals surface area contributed by atoms with Crippen LogP contribution in [0.1, 0.15) is 27.3 Å². The summed E-state index contributed by atoms with van der Waals surface area (Å²) in [5.74, 6) is -0.245. The number of aromatic nitrogens is 3. The van der Waals surface area contributed by atoms with Crippen molar-refractivity contribution in [3.05, 3.63) is 77.1 Å². The van der Waals surface area contributed by atoms with E-state index >= 15 is 0 Å². The van der Waals surface area contributed by atoms with Gasteiger partial charge in [0.2, 0.25) is 0 Å². The van der Waals surface area contributed by atoms with Crippen molar-refractivity contribution in [2.75, 3.05) is 5.32 Å². The molecule has 0 aliphatic heterocycles. The van der Waals surface area contributed by atoms with E-state index in [9.17, 15) is 4.79 Å². The minimum absolute atomic E-state index is 0.245. The number of rotatable bonds is 4. The van der Waals surface area contributed by atoms with Gasteiger partial charge in [0.15, 0.2) is 5.69 Å². The first-order chi connectivity index (χ1) is 11.1. The van der Waals surface area contributed by atoms with Crippen LogP contribution < -0.4 is 5.32 Å². The fraction of sp³-hybridized carbons (Fsp3) is 0.167. The van der Waals surface area contributed by atoms with Crippen LogP contribution in [0.2, 0.25) is 0 Å². The Morgan fingerprint density at radius 3 is 2.43 bits per heavy atom. The van der Waals surface area contributed by atoms with E-state index in [0.29, 0.717) is 12.2 Å². The predicted octanol–water partition coefficient (Wildman–Crippen LogP) is 3.20. The maximum absolute atomic E-state index is 12.4. The molecule has 3 aromatic rings. The van der Waals surface area contributed by atoms with Crippen molar-refractivity contribution in [3.63, 3.8) is 0 Å². The van der Waals surface area contributed by atoms with Crippen LogP contribution in [0.15, 0.2) is 54.6 Å². The second-order valence-corrected chi connectivity index (χ2v) is 5.49. The fourth-order valence-electron chi connectivity index (χ4n) is 2.30. The molecule has 0 saturated carbocycles. The molecule has 1 aromatic heterocycles. The summed E-state index contributed by atoms with van der Waals surface area (Å²) in [6.45, 7) is 4.45. The average Bonchev–Trinajstić information content (AvgIpc) is 2.92. The molecule has 0 radical (unpaired) electrons. The maximum atomic E-state index is 12.4. The molecule has 0 aliphatic rings. The van der Waals surface area contributed by atoms with Crippen molar-refractivity contribution in [1.82, 2.24) is 15.0 Å². The lowest BCUT2D eigenvalue weighted by Crippen LogP contribution is -2.14. The zero-order valence-electron chi connectivity index (χ0n) is 13.2. The Balaban J connectivity index is 1.75. The molecule has 0 bridgehead atoms. The predicted molar refractivity (Wildman–Crippen MR) is 89.4 cm³/mol. The van der Waals surface area contributed by atoms with E-state index in [1.807, 2.05) is 68.4 Å². The largest absolute Gasteiger partial charge is 0.321 e. The van der Waals surface area contributed by atoms with Crippen LogP contribution in [0.4, 0.5) is 5.69 Å². The summed E-state index contributed by atoms with van der Waals surface area (Å²) in [6, 6.07) is 17.6. The van der Waals surface area contributed by atoms with Gasteiger partial charge in [0.1, 0.15) is 0 Å². The van der Waals surface area contributed by atoms with Crippen LogP contribution in [0.5, 0.6) is 0 Å². The van der Waals surface area contributed by atoms with Gasteiger partial charge in [-0.2, -0.15) is 0 Å². The number of hydrogen-bond acceptors (Lipinski definition) is 3. The van der Waals surface area contributed by atoms with Crippen molar-refractivity contribution in [3.8, 4) is 0 Å². The van der Waals surface area contributed by atoms with Gasteiger partial charge in [-0.05, 0) is 31.5 Å². The highest BCUT2D eigenvalue weighted by molar-refractivity contribution is 6.03. The van der Waals surface area contributed by atoms with Crippen LogP contribution in [0.25, 0.3) is 0 Å². The van der Waals surface area contributed by atoms with E-state index in [1.54, 1.807) is 4.68 Å². The molecule has 5 heteroatoms. The molecule has 0 fully saturated rings. The first kappa shape index (κ1) is 15.0. The Labute approximate surface area is 135 Å². The number of nitrogens with one attached hydrogen (secondary N) is 1. The van der Waals surface area contributed by atoms with Crippen LogP contribution >= 0.6 is 0 Å². The second kappa shape index (κ2) is 6.44. The number of nitrogens with zero attached hydrogens (tertiary/aromatic N) is 3.